The van der Waals surface area contributed by atoms with Crippen LogP contribution < -0.4 is 0 Å². The minimum atomic E-state index is 0.829. The van der Waals surface area contributed by atoms with Gasteiger partial charge < -0.3 is 0 Å². The number of thiophene rings is 1. The Bertz CT molecular complexity index is 3220. The van der Waals surface area contributed by atoms with Crippen LogP contribution in [0.3, 0.4) is 0 Å². The monoisotopic (exact) mass is 759 g/mol. The highest BCUT2D eigenvalue weighted by Gasteiger charge is 2.29. The lowest BCUT2D eigenvalue weighted by atomic mass is 9.81. The average molecular weight is 760 g/mol. The molecule has 0 radical (unpaired) electrons. The average Bonchev–Trinajstić information content (AvgIpc) is 3.85. The molecule has 11 rings (SSSR count). The second-order valence-electron chi connectivity index (χ2n) is 15.2. The molecule has 58 heavy (non-hydrogen) atoms. The SMILES string of the molecule is Cc1cc2c(c(-c3cnnnc3-c3c(-c4ccccc4)cccc3-c3c(-c4ccccc4-c4ccccc4)ccc4sc5ccccc5c34)c1C)Cc1ccccc1-2. The van der Waals surface area contributed by atoms with Crippen molar-refractivity contribution in [2.45, 2.75) is 20.3 Å². The zero-order chi connectivity index (χ0) is 38.7. The Morgan fingerprint density at radius 1 is 0.466 bits per heavy atom. The van der Waals surface area contributed by atoms with Gasteiger partial charge in [-0.1, -0.05) is 158 Å². The van der Waals surface area contributed by atoms with Crippen LogP contribution in [0.5, 0.6) is 0 Å². The van der Waals surface area contributed by atoms with Crippen molar-refractivity contribution in [3.05, 3.63) is 198 Å². The van der Waals surface area contributed by atoms with E-state index in [1.54, 1.807) is 0 Å². The fraction of sp³-hybridized carbons (Fsp3) is 0.0556. The van der Waals surface area contributed by atoms with E-state index < -0.39 is 0 Å². The van der Waals surface area contributed by atoms with E-state index in [0.717, 1.165) is 39.9 Å². The van der Waals surface area contributed by atoms with E-state index in [1.165, 1.54) is 86.9 Å². The van der Waals surface area contributed by atoms with E-state index in [1.807, 2.05) is 17.5 Å². The van der Waals surface area contributed by atoms with Gasteiger partial charge in [-0.25, -0.2) is 0 Å². The van der Waals surface area contributed by atoms with Crippen LogP contribution in [0, 0.1) is 13.8 Å². The second-order valence-corrected chi connectivity index (χ2v) is 16.3. The third kappa shape index (κ3) is 5.44. The van der Waals surface area contributed by atoms with Crippen LogP contribution in [0.25, 0.3) is 98.2 Å². The van der Waals surface area contributed by atoms with Gasteiger partial charge in [-0.3, -0.25) is 0 Å². The molecule has 0 amide bonds. The van der Waals surface area contributed by atoms with E-state index in [2.05, 4.69) is 194 Å². The zero-order valence-electron chi connectivity index (χ0n) is 32.2. The van der Waals surface area contributed by atoms with Crippen molar-refractivity contribution in [1.82, 2.24) is 15.4 Å². The van der Waals surface area contributed by atoms with Gasteiger partial charge in [-0.2, -0.15) is 0 Å². The first-order chi connectivity index (χ1) is 28.6. The van der Waals surface area contributed by atoms with E-state index in [9.17, 15) is 0 Å². The van der Waals surface area contributed by atoms with Gasteiger partial charge in [0.05, 0.1) is 6.20 Å². The van der Waals surface area contributed by atoms with Crippen LogP contribution in [0.15, 0.2) is 176 Å². The summed E-state index contributed by atoms with van der Waals surface area (Å²) < 4.78 is 2.52. The molecule has 0 N–H and O–H groups in total. The van der Waals surface area contributed by atoms with Crippen molar-refractivity contribution in [2.24, 2.45) is 0 Å². The van der Waals surface area contributed by atoms with E-state index in [0.29, 0.717) is 0 Å². The second kappa shape index (κ2) is 13.9. The number of nitrogens with zero attached hydrogens (tertiary/aromatic N) is 3. The Labute approximate surface area is 342 Å². The van der Waals surface area contributed by atoms with Gasteiger partial charge in [0.2, 0.25) is 0 Å². The molecule has 1 aliphatic rings. The summed E-state index contributed by atoms with van der Waals surface area (Å²) in [6.45, 7) is 4.48. The van der Waals surface area contributed by atoms with Crippen LogP contribution in [0.4, 0.5) is 0 Å². The summed E-state index contributed by atoms with van der Waals surface area (Å²) in [5.41, 5.74) is 21.1. The summed E-state index contributed by atoms with van der Waals surface area (Å²) in [7, 11) is 0. The number of hydrogen-bond donors (Lipinski definition) is 0. The summed E-state index contributed by atoms with van der Waals surface area (Å²) in [5.74, 6) is 0. The summed E-state index contributed by atoms with van der Waals surface area (Å²) in [5, 5.41) is 16.6. The zero-order valence-corrected chi connectivity index (χ0v) is 33.0. The molecule has 274 valence electrons. The topological polar surface area (TPSA) is 38.7 Å². The van der Waals surface area contributed by atoms with Crippen LogP contribution >= 0.6 is 11.3 Å². The number of aryl methyl sites for hydroxylation is 1. The van der Waals surface area contributed by atoms with Gasteiger partial charge in [-0.15, -0.1) is 21.5 Å². The molecule has 0 saturated carbocycles. The van der Waals surface area contributed by atoms with Crippen molar-refractivity contribution < 1.29 is 0 Å². The summed E-state index contributed by atoms with van der Waals surface area (Å²) in [6, 6.07) is 61.7. The number of hydrogen-bond acceptors (Lipinski definition) is 4. The first kappa shape index (κ1) is 34.3. The molecular weight excluding hydrogens is 723 g/mol. The van der Waals surface area contributed by atoms with E-state index >= 15 is 0 Å². The molecular formula is C54H37N3S. The molecule has 4 heteroatoms. The molecule has 0 unspecified atom stereocenters. The molecule has 0 saturated heterocycles. The predicted octanol–water partition coefficient (Wildman–Crippen LogP) is 14.4. The van der Waals surface area contributed by atoms with Crippen LogP contribution in [0.1, 0.15) is 22.3 Å². The molecule has 10 aromatic rings. The molecule has 3 nitrogen and oxygen atoms in total. The predicted molar refractivity (Wildman–Crippen MR) is 243 cm³/mol. The first-order valence-electron chi connectivity index (χ1n) is 19.8. The van der Waals surface area contributed by atoms with Gasteiger partial charge in [0.1, 0.15) is 5.69 Å². The molecule has 0 atom stereocenters. The molecule has 0 aliphatic heterocycles. The maximum atomic E-state index is 5.08. The van der Waals surface area contributed by atoms with Crippen molar-refractivity contribution in [2.75, 3.05) is 0 Å². The van der Waals surface area contributed by atoms with Gasteiger partial charge in [0, 0.05) is 31.3 Å². The minimum absolute atomic E-state index is 0.829. The third-order valence-electron chi connectivity index (χ3n) is 12.0. The molecule has 2 heterocycles. The summed E-state index contributed by atoms with van der Waals surface area (Å²) in [4.78, 5) is 0. The Balaban J connectivity index is 1.28. The van der Waals surface area contributed by atoms with Gasteiger partial charge in [0.25, 0.3) is 0 Å². The molecule has 2 aromatic heterocycles. The molecule has 0 fully saturated rings. The Morgan fingerprint density at radius 2 is 1.12 bits per heavy atom. The first-order valence-corrected chi connectivity index (χ1v) is 20.6. The fourth-order valence-electron chi connectivity index (χ4n) is 9.31. The normalized spacial score (nSPS) is 11.9. The van der Waals surface area contributed by atoms with Crippen molar-refractivity contribution in [3.8, 4) is 78.0 Å². The molecule has 1 aliphatic carbocycles. The number of rotatable bonds is 6. The lowest BCUT2D eigenvalue weighted by molar-refractivity contribution is 0.872. The quantitative estimate of drug-likeness (QED) is 0.169. The highest BCUT2D eigenvalue weighted by Crippen LogP contribution is 2.53. The van der Waals surface area contributed by atoms with Crippen molar-refractivity contribution >= 4 is 31.5 Å². The lowest BCUT2D eigenvalue weighted by Crippen LogP contribution is -2.03. The maximum Gasteiger partial charge on any atom is 0.105 e. The van der Waals surface area contributed by atoms with Gasteiger partial charge in [-0.05, 0) is 121 Å². The molecule has 0 bridgehead atoms. The summed E-state index contributed by atoms with van der Waals surface area (Å²) in [6.07, 6.45) is 2.81. The number of benzene rings is 8. The number of aromatic nitrogens is 3. The standard InChI is InChI=1S/C54H37N3S/c1-33-30-45-39-22-10-9-20-37(39)31-46(45)50(34(33)2)47-32-55-57-56-54(47)52-40(36-18-7-4-8-19-36)25-15-26-44(52)51-42(28-29-49-53(51)43-24-13-14-27-48(43)58-49)41-23-12-11-21-38(41)35-16-5-3-6-17-35/h3-30,32H,31H2,1-2H3. The largest absolute Gasteiger partial charge is 0.138 e. The van der Waals surface area contributed by atoms with E-state index in [4.69, 9.17) is 5.10 Å². The van der Waals surface area contributed by atoms with Crippen LogP contribution in [-0.4, -0.2) is 15.4 Å². The lowest BCUT2D eigenvalue weighted by Gasteiger charge is -2.22. The Hall–Kier alpha value is -7.01. The smallest absolute Gasteiger partial charge is 0.105 e. The van der Waals surface area contributed by atoms with Crippen LogP contribution in [-0.2, 0) is 6.42 Å². The third-order valence-corrected chi connectivity index (χ3v) is 13.2. The highest BCUT2D eigenvalue weighted by molar-refractivity contribution is 7.26. The summed E-state index contributed by atoms with van der Waals surface area (Å²) >= 11 is 1.85. The fourth-order valence-corrected chi connectivity index (χ4v) is 10.4. The maximum absolute atomic E-state index is 5.08. The van der Waals surface area contributed by atoms with Crippen molar-refractivity contribution in [3.63, 3.8) is 0 Å². The highest BCUT2D eigenvalue weighted by atomic mass is 32.1. The van der Waals surface area contributed by atoms with Crippen molar-refractivity contribution in [1.29, 1.82) is 0 Å². The Kier molecular flexibility index (Phi) is 8.19. The Morgan fingerprint density at radius 3 is 1.93 bits per heavy atom. The number of fused-ring (bicyclic) bond motifs is 6. The minimum Gasteiger partial charge on any atom is -0.138 e. The van der Waals surface area contributed by atoms with Gasteiger partial charge >= 0.3 is 0 Å². The van der Waals surface area contributed by atoms with Gasteiger partial charge in [0.15, 0.2) is 0 Å². The molecule has 0 spiro atoms. The molecule has 8 aromatic carbocycles. The van der Waals surface area contributed by atoms with E-state index in [-0.39, 0.29) is 0 Å². The van der Waals surface area contributed by atoms with Crippen LogP contribution in [0.2, 0.25) is 0 Å².